The Morgan fingerprint density at radius 2 is 1.68 bits per heavy atom. The van der Waals surface area contributed by atoms with Crippen LogP contribution in [-0.4, -0.2) is 23.9 Å². The van der Waals surface area contributed by atoms with Gasteiger partial charge in [-0.15, -0.1) is 0 Å². The number of rotatable bonds is 4. The lowest BCUT2D eigenvalue weighted by molar-refractivity contribution is -0.384. The fourth-order valence-corrected chi connectivity index (χ4v) is 3.09. The fraction of sp³-hybridized carbons (Fsp3) is 0.278. The molecule has 2 aromatic rings. The van der Waals surface area contributed by atoms with Crippen LogP contribution in [0.25, 0.3) is 0 Å². The number of halogens is 1. The molecule has 1 saturated heterocycles. The Balaban J connectivity index is 1.55. The Morgan fingerprint density at radius 3 is 2.24 bits per heavy atom. The smallest absolute Gasteiger partial charge is 0.269 e. The fourth-order valence-electron chi connectivity index (χ4n) is 2.96. The molecule has 3 rings (SSSR count). The van der Waals surface area contributed by atoms with Gasteiger partial charge in [0.2, 0.25) is 5.91 Å². The topological polar surface area (TPSA) is 75.5 Å². The molecule has 25 heavy (non-hydrogen) atoms. The third kappa shape index (κ3) is 4.28. The summed E-state index contributed by atoms with van der Waals surface area (Å²) < 4.78 is 0. The number of nitrogens with one attached hydrogen (secondary N) is 1. The zero-order valence-corrected chi connectivity index (χ0v) is 14.3. The van der Waals surface area contributed by atoms with Crippen LogP contribution in [0.5, 0.6) is 0 Å². The Labute approximate surface area is 150 Å². The summed E-state index contributed by atoms with van der Waals surface area (Å²) in [6.07, 6.45) is 1.49. The third-order valence-corrected chi connectivity index (χ3v) is 4.66. The second-order valence-corrected chi connectivity index (χ2v) is 6.47. The molecule has 0 unspecified atom stereocenters. The van der Waals surface area contributed by atoms with Gasteiger partial charge in [0.1, 0.15) is 0 Å². The molecule has 0 spiro atoms. The van der Waals surface area contributed by atoms with E-state index in [1.807, 2.05) is 0 Å². The summed E-state index contributed by atoms with van der Waals surface area (Å²) >= 11 is 5.84. The van der Waals surface area contributed by atoms with Crippen LogP contribution in [0.4, 0.5) is 17.1 Å². The highest BCUT2D eigenvalue weighted by molar-refractivity contribution is 6.30. The minimum Gasteiger partial charge on any atom is -0.371 e. The highest BCUT2D eigenvalue weighted by atomic mass is 35.5. The van der Waals surface area contributed by atoms with E-state index in [-0.39, 0.29) is 17.5 Å². The van der Waals surface area contributed by atoms with Gasteiger partial charge < -0.3 is 10.2 Å². The summed E-state index contributed by atoms with van der Waals surface area (Å²) in [5, 5.41) is 14.3. The first-order valence-electron chi connectivity index (χ1n) is 8.09. The van der Waals surface area contributed by atoms with Crippen LogP contribution in [0.2, 0.25) is 5.02 Å². The Bertz CT molecular complexity index is 754. The van der Waals surface area contributed by atoms with Crippen molar-refractivity contribution in [2.75, 3.05) is 23.3 Å². The molecule has 0 saturated carbocycles. The largest absolute Gasteiger partial charge is 0.371 e. The van der Waals surface area contributed by atoms with E-state index in [0.717, 1.165) is 37.3 Å². The summed E-state index contributed by atoms with van der Waals surface area (Å²) in [5.74, 6) is -0.0179. The summed E-state index contributed by atoms with van der Waals surface area (Å²) in [5.41, 5.74) is 1.77. The molecule has 0 bridgehead atoms. The van der Waals surface area contributed by atoms with Gasteiger partial charge in [-0.3, -0.25) is 14.9 Å². The van der Waals surface area contributed by atoms with Crippen molar-refractivity contribution in [3.63, 3.8) is 0 Å². The number of nitro groups is 1. The molecule has 130 valence electrons. The summed E-state index contributed by atoms with van der Waals surface area (Å²) in [6, 6.07) is 13.6. The van der Waals surface area contributed by atoms with E-state index in [1.54, 1.807) is 36.4 Å². The van der Waals surface area contributed by atoms with E-state index < -0.39 is 4.92 Å². The van der Waals surface area contributed by atoms with E-state index in [1.165, 1.54) is 12.1 Å². The molecule has 1 N–H and O–H groups in total. The maximum Gasteiger partial charge on any atom is 0.269 e. The number of hydrogen-bond donors (Lipinski definition) is 1. The maximum atomic E-state index is 12.4. The average molecular weight is 360 g/mol. The third-order valence-electron chi connectivity index (χ3n) is 4.40. The highest BCUT2D eigenvalue weighted by Gasteiger charge is 2.25. The molecule has 2 aromatic carbocycles. The standard InChI is InChI=1S/C18H18ClN3O3/c19-14-1-3-15(4-2-14)20-18(23)13-9-11-21(12-10-13)16-5-7-17(8-6-16)22(24)25/h1-8,13H,9-12H2,(H,20,23). The van der Waals surface area contributed by atoms with Crippen LogP contribution in [0.15, 0.2) is 48.5 Å². The molecule has 6 nitrogen and oxygen atoms in total. The number of non-ortho nitro benzene ring substituents is 1. The van der Waals surface area contributed by atoms with Crippen LogP contribution in [-0.2, 0) is 4.79 Å². The second kappa shape index (κ2) is 7.53. The molecular weight excluding hydrogens is 342 g/mol. The van der Waals surface area contributed by atoms with Crippen LogP contribution >= 0.6 is 11.6 Å². The summed E-state index contributed by atoms with van der Waals surface area (Å²) in [7, 11) is 0. The molecule has 7 heteroatoms. The number of carbonyl (C=O) groups is 1. The van der Waals surface area contributed by atoms with Crippen molar-refractivity contribution < 1.29 is 9.72 Å². The number of nitro benzene ring substituents is 1. The lowest BCUT2D eigenvalue weighted by Gasteiger charge is -2.33. The summed E-state index contributed by atoms with van der Waals surface area (Å²) in [4.78, 5) is 24.8. The van der Waals surface area contributed by atoms with Crippen molar-refractivity contribution in [2.45, 2.75) is 12.8 Å². The zero-order chi connectivity index (χ0) is 17.8. The van der Waals surface area contributed by atoms with Gasteiger partial charge in [0.05, 0.1) is 4.92 Å². The van der Waals surface area contributed by atoms with Gasteiger partial charge in [-0.2, -0.15) is 0 Å². The maximum absolute atomic E-state index is 12.4. The van der Waals surface area contributed by atoms with E-state index in [9.17, 15) is 14.9 Å². The van der Waals surface area contributed by atoms with Crippen molar-refractivity contribution in [1.82, 2.24) is 0 Å². The number of anilines is 2. The van der Waals surface area contributed by atoms with Crippen molar-refractivity contribution in [3.8, 4) is 0 Å². The van der Waals surface area contributed by atoms with E-state index in [0.29, 0.717) is 5.02 Å². The van der Waals surface area contributed by atoms with Gasteiger partial charge in [0.15, 0.2) is 0 Å². The van der Waals surface area contributed by atoms with Gasteiger partial charge in [-0.05, 0) is 49.2 Å². The van der Waals surface area contributed by atoms with Gasteiger partial charge in [0, 0.05) is 47.5 Å². The average Bonchev–Trinajstić information content (AvgIpc) is 2.64. The molecular formula is C18H18ClN3O3. The van der Waals surface area contributed by atoms with Crippen molar-refractivity contribution in [2.24, 2.45) is 5.92 Å². The molecule has 0 radical (unpaired) electrons. The first-order valence-corrected chi connectivity index (χ1v) is 8.46. The molecule has 1 aliphatic heterocycles. The van der Waals surface area contributed by atoms with Gasteiger partial charge >= 0.3 is 0 Å². The highest BCUT2D eigenvalue weighted by Crippen LogP contribution is 2.26. The lowest BCUT2D eigenvalue weighted by atomic mass is 9.95. The van der Waals surface area contributed by atoms with Crippen molar-refractivity contribution >= 4 is 34.6 Å². The minimum absolute atomic E-state index is 0.0191. The van der Waals surface area contributed by atoms with E-state index in [2.05, 4.69) is 10.2 Å². The Kier molecular flexibility index (Phi) is 5.19. The molecule has 1 heterocycles. The monoisotopic (exact) mass is 359 g/mol. The number of piperidine rings is 1. The van der Waals surface area contributed by atoms with Crippen LogP contribution < -0.4 is 10.2 Å². The quantitative estimate of drug-likeness (QED) is 0.658. The lowest BCUT2D eigenvalue weighted by Crippen LogP contribution is -2.38. The van der Waals surface area contributed by atoms with Gasteiger partial charge in [0.25, 0.3) is 5.69 Å². The van der Waals surface area contributed by atoms with E-state index in [4.69, 9.17) is 11.6 Å². The predicted molar refractivity (Wildman–Crippen MR) is 98.1 cm³/mol. The summed E-state index contributed by atoms with van der Waals surface area (Å²) in [6.45, 7) is 1.49. The minimum atomic E-state index is -0.406. The molecule has 0 atom stereocenters. The Morgan fingerprint density at radius 1 is 1.08 bits per heavy atom. The number of benzene rings is 2. The van der Waals surface area contributed by atoms with Gasteiger partial charge in [-0.1, -0.05) is 11.6 Å². The van der Waals surface area contributed by atoms with Crippen molar-refractivity contribution in [3.05, 3.63) is 63.7 Å². The van der Waals surface area contributed by atoms with E-state index >= 15 is 0 Å². The number of carbonyl (C=O) groups excluding carboxylic acids is 1. The van der Waals surface area contributed by atoms with Crippen LogP contribution in [0, 0.1) is 16.0 Å². The molecule has 0 aromatic heterocycles. The first kappa shape index (κ1) is 17.2. The second-order valence-electron chi connectivity index (χ2n) is 6.03. The number of nitrogens with zero attached hydrogens (tertiary/aromatic N) is 2. The molecule has 1 amide bonds. The Hall–Kier alpha value is -2.60. The van der Waals surface area contributed by atoms with Crippen molar-refractivity contribution in [1.29, 1.82) is 0 Å². The first-order chi connectivity index (χ1) is 12.0. The molecule has 0 aliphatic carbocycles. The number of hydrogen-bond acceptors (Lipinski definition) is 4. The normalized spacial score (nSPS) is 15.0. The SMILES string of the molecule is O=C(Nc1ccc(Cl)cc1)C1CCN(c2ccc([N+](=O)[O-])cc2)CC1. The van der Waals surface area contributed by atoms with Crippen LogP contribution in [0.3, 0.4) is 0 Å². The van der Waals surface area contributed by atoms with Crippen LogP contribution in [0.1, 0.15) is 12.8 Å². The predicted octanol–water partition coefficient (Wildman–Crippen LogP) is 4.10. The molecule has 1 aliphatic rings. The number of amides is 1. The van der Waals surface area contributed by atoms with Gasteiger partial charge in [-0.25, -0.2) is 0 Å². The zero-order valence-electron chi connectivity index (χ0n) is 13.5. The molecule has 1 fully saturated rings.